The van der Waals surface area contributed by atoms with Gasteiger partial charge in [-0.25, -0.2) is 4.39 Å². The van der Waals surface area contributed by atoms with Gasteiger partial charge in [0.15, 0.2) is 11.6 Å². The van der Waals surface area contributed by atoms with E-state index in [1.807, 2.05) is 0 Å². The van der Waals surface area contributed by atoms with Crippen LogP contribution in [0.2, 0.25) is 0 Å². The SMILES string of the molecule is COc1ccc(C(=O)N(C)C2CNC2)cc1F.Cl. The lowest BCUT2D eigenvalue weighted by atomic mass is 10.1. The van der Waals surface area contributed by atoms with E-state index in [4.69, 9.17) is 4.74 Å². The molecule has 0 bridgehead atoms. The van der Waals surface area contributed by atoms with E-state index in [1.165, 1.54) is 19.2 Å². The van der Waals surface area contributed by atoms with Gasteiger partial charge in [0.1, 0.15) is 0 Å². The Balaban J connectivity index is 0.00000162. The van der Waals surface area contributed by atoms with Crippen molar-refractivity contribution >= 4 is 18.3 Å². The van der Waals surface area contributed by atoms with Crippen LogP contribution in [0.3, 0.4) is 0 Å². The normalized spacial score (nSPS) is 14.4. The maximum absolute atomic E-state index is 13.5. The maximum Gasteiger partial charge on any atom is 0.254 e. The second kappa shape index (κ2) is 6.02. The Morgan fingerprint density at radius 1 is 1.50 bits per heavy atom. The van der Waals surface area contributed by atoms with Crippen LogP contribution in [0.25, 0.3) is 0 Å². The highest BCUT2D eigenvalue weighted by Gasteiger charge is 2.26. The minimum absolute atomic E-state index is 0. The van der Waals surface area contributed by atoms with Gasteiger partial charge in [0.05, 0.1) is 13.2 Å². The highest BCUT2D eigenvalue weighted by atomic mass is 35.5. The zero-order valence-corrected chi connectivity index (χ0v) is 11.1. The lowest BCUT2D eigenvalue weighted by molar-refractivity contribution is 0.0680. The Morgan fingerprint density at radius 2 is 2.17 bits per heavy atom. The number of ether oxygens (including phenoxy) is 1. The summed E-state index contributed by atoms with van der Waals surface area (Å²) in [5.74, 6) is -0.536. The minimum Gasteiger partial charge on any atom is -0.494 e. The van der Waals surface area contributed by atoms with Crippen molar-refractivity contribution in [2.45, 2.75) is 6.04 Å². The summed E-state index contributed by atoms with van der Waals surface area (Å²) < 4.78 is 18.3. The lowest BCUT2D eigenvalue weighted by Gasteiger charge is -2.35. The Morgan fingerprint density at radius 3 is 2.61 bits per heavy atom. The van der Waals surface area contributed by atoms with Crippen molar-refractivity contribution in [3.8, 4) is 5.75 Å². The molecule has 1 aromatic carbocycles. The van der Waals surface area contributed by atoms with Crippen molar-refractivity contribution in [1.29, 1.82) is 0 Å². The van der Waals surface area contributed by atoms with Crippen molar-refractivity contribution in [2.75, 3.05) is 27.2 Å². The first kappa shape index (κ1) is 14.7. The number of nitrogens with zero attached hydrogens (tertiary/aromatic N) is 1. The molecule has 1 aromatic rings. The maximum atomic E-state index is 13.5. The number of halogens is 2. The third-order valence-corrected chi connectivity index (χ3v) is 3.03. The summed E-state index contributed by atoms with van der Waals surface area (Å²) in [5.41, 5.74) is 0.345. The highest BCUT2D eigenvalue weighted by molar-refractivity contribution is 5.94. The van der Waals surface area contributed by atoms with Crippen LogP contribution >= 0.6 is 12.4 Å². The number of benzene rings is 1. The van der Waals surface area contributed by atoms with E-state index in [9.17, 15) is 9.18 Å². The van der Waals surface area contributed by atoms with Crippen LogP contribution in [0.5, 0.6) is 5.75 Å². The molecule has 1 aliphatic rings. The number of rotatable bonds is 3. The molecule has 0 aliphatic carbocycles. The molecule has 0 unspecified atom stereocenters. The smallest absolute Gasteiger partial charge is 0.254 e. The molecular formula is C12H16ClFN2O2. The zero-order valence-electron chi connectivity index (χ0n) is 10.3. The lowest BCUT2D eigenvalue weighted by Crippen LogP contribution is -2.57. The summed E-state index contributed by atoms with van der Waals surface area (Å²) in [5, 5.41) is 3.09. The monoisotopic (exact) mass is 274 g/mol. The van der Waals surface area contributed by atoms with E-state index in [-0.39, 0.29) is 30.1 Å². The minimum atomic E-state index is -0.515. The fourth-order valence-corrected chi connectivity index (χ4v) is 1.72. The molecule has 18 heavy (non-hydrogen) atoms. The summed E-state index contributed by atoms with van der Waals surface area (Å²) in [4.78, 5) is 13.7. The van der Waals surface area contributed by atoms with Gasteiger partial charge in [0.25, 0.3) is 5.91 Å². The van der Waals surface area contributed by atoms with Crippen LogP contribution in [0.15, 0.2) is 18.2 Å². The first-order valence-electron chi connectivity index (χ1n) is 5.45. The molecule has 6 heteroatoms. The molecule has 1 fully saturated rings. The van der Waals surface area contributed by atoms with Crippen LogP contribution in [-0.2, 0) is 0 Å². The number of amides is 1. The van der Waals surface area contributed by atoms with Crippen LogP contribution in [0, 0.1) is 5.82 Å². The van der Waals surface area contributed by atoms with E-state index in [0.717, 1.165) is 13.1 Å². The first-order chi connectivity index (χ1) is 8.13. The Labute approximate surface area is 112 Å². The van der Waals surface area contributed by atoms with Gasteiger partial charge in [-0.1, -0.05) is 0 Å². The molecular weight excluding hydrogens is 259 g/mol. The van der Waals surface area contributed by atoms with E-state index in [0.29, 0.717) is 5.56 Å². The number of methoxy groups -OCH3 is 1. The number of carbonyl (C=O) groups excluding carboxylic acids is 1. The molecule has 0 atom stereocenters. The van der Waals surface area contributed by atoms with Crippen molar-refractivity contribution in [1.82, 2.24) is 10.2 Å². The van der Waals surface area contributed by atoms with Crippen LogP contribution in [0.4, 0.5) is 4.39 Å². The van der Waals surface area contributed by atoms with Gasteiger partial charge >= 0.3 is 0 Å². The number of nitrogens with one attached hydrogen (secondary N) is 1. The zero-order chi connectivity index (χ0) is 12.4. The molecule has 0 spiro atoms. The van der Waals surface area contributed by atoms with Gasteiger partial charge in [-0.05, 0) is 18.2 Å². The van der Waals surface area contributed by atoms with Crippen molar-refractivity contribution in [3.05, 3.63) is 29.6 Å². The fraction of sp³-hybridized carbons (Fsp3) is 0.417. The summed E-state index contributed by atoms with van der Waals surface area (Å²) in [7, 11) is 3.13. The molecule has 100 valence electrons. The van der Waals surface area contributed by atoms with Crippen molar-refractivity contribution in [3.63, 3.8) is 0 Å². The Kier molecular flexibility index (Phi) is 4.93. The average Bonchev–Trinajstić information content (AvgIpc) is 2.25. The topological polar surface area (TPSA) is 41.6 Å². The molecule has 4 nitrogen and oxygen atoms in total. The van der Waals surface area contributed by atoms with Gasteiger partial charge in [-0.15, -0.1) is 12.4 Å². The van der Waals surface area contributed by atoms with E-state index in [2.05, 4.69) is 5.32 Å². The molecule has 1 amide bonds. The van der Waals surface area contributed by atoms with Crippen LogP contribution in [-0.4, -0.2) is 44.1 Å². The van der Waals surface area contributed by atoms with Crippen LogP contribution in [0.1, 0.15) is 10.4 Å². The third-order valence-electron chi connectivity index (χ3n) is 3.03. The van der Waals surface area contributed by atoms with E-state index >= 15 is 0 Å². The molecule has 0 aromatic heterocycles. The summed E-state index contributed by atoms with van der Waals surface area (Å²) in [6, 6.07) is 4.46. The second-order valence-electron chi connectivity index (χ2n) is 4.08. The molecule has 0 radical (unpaired) electrons. The number of likely N-dealkylation sites (N-methyl/N-ethyl adjacent to an activating group) is 1. The summed E-state index contributed by atoms with van der Waals surface area (Å²) >= 11 is 0. The number of carbonyl (C=O) groups is 1. The first-order valence-corrected chi connectivity index (χ1v) is 5.45. The molecule has 1 saturated heterocycles. The average molecular weight is 275 g/mol. The molecule has 1 aliphatic heterocycles. The van der Waals surface area contributed by atoms with E-state index < -0.39 is 5.82 Å². The van der Waals surface area contributed by atoms with Gasteiger partial charge < -0.3 is 15.0 Å². The van der Waals surface area contributed by atoms with Crippen molar-refractivity contribution in [2.24, 2.45) is 0 Å². The standard InChI is InChI=1S/C12H15FN2O2.ClH/c1-15(9-6-14-7-9)12(16)8-3-4-11(17-2)10(13)5-8;/h3-5,9,14H,6-7H2,1-2H3;1H. The quantitative estimate of drug-likeness (QED) is 0.903. The van der Waals surface area contributed by atoms with Crippen molar-refractivity contribution < 1.29 is 13.9 Å². The Hall–Kier alpha value is -1.33. The third kappa shape index (κ3) is 2.73. The number of hydrogen-bond acceptors (Lipinski definition) is 3. The molecule has 1 heterocycles. The van der Waals surface area contributed by atoms with Gasteiger partial charge in [0, 0.05) is 25.7 Å². The Bertz CT molecular complexity index is 438. The largest absolute Gasteiger partial charge is 0.494 e. The van der Waals surface area contributed by atoms with Gasteiger partial charge in [0.2, 0.25) is 0 Å². The van der Waals surface area contributed by atoms with Gasteiger partial charge in [-0.2, -0.15) is 0 Å². The van der Waals surface area contributed by atoms with Crippen LogP contribution < -0.4 is 10.1 Å². The molecule has 0 saturated carbocycles. The fourth-order valence-electron chi connectivity index (χ4n) is 1.72. The van der Waals surface area contributed by atoms with E-state index in [1.54, 1.807) is 18.0 Å². The molecule has 1 N–H and O–H groups in total. The molecule has 2 rings (SSSR count). The highest BCUT2D eigenvalue weighted by Crippen LogP contribution is 2.19. The summed E-state index contributed by atoms with van der Waals surface area (Å²) in [6.07, 6.45) is 0. The van der Waals surface area contributed by atoms with Gasteiger partial charge in [-0.3, -0.25) is 4.79 Å². The predicted molar refractivity (Wildman–Crippen MR) is 69.0 cm³/mol. The summed E-state index contributed by atoms with van der Waals surface area (Å²) in [6.45, 7) is 1.59. The second-order valence-corrected chi connectivity index (χ2v) is 4.08. The number of hydrogen-bond donors (Lipinski definition) is 1. The predicted octanol–water partition coefficient (Wildman–Crippen LogP) is 1.30.